The van der Waals surface area contributed by atoms with Gasteiger partial charge >= 0.3 is 0 Å². The molecule has 0 atom stereocenters. The van der Waals surface area contributed by atoms with Crippen LogP contribution < -0.4 is 5.01 Å². The predicted octanol–water partition coefficient (Wildman–Crippen LogP) is 2.01. The van der Waals surface area contributed by atoms with Crippen molar-refractivity contribution in [3.63, 3.8) is 0 Å². The topological polar surface area (TPSA) is 24.3 Å². The maximum atomic E-state index is 5.95. The number of imidazole rings is 1. The number of rotatable bonds is 3. The SMILES string of the molecule is Cc1ccc2nc(CCCl)n(N3CCN(C)CC3)c2c1. The van der Waals surface area contributed by atoms with E-state index in [-0.39, 0.29) is 0 Å². The second-order valence-electron chi connectivity index (χ2n) is 5.53. The molecular weight excluding hydrogens is 272 g/mol. The molecule has 20 heavy (non-hydrogen) atoms. The summed E-state index contributed by atoms with van der Waals surface area (Å²) in [6, 6.07) is 6.45. The first-order chi connectivity index (χ1) is 9.69. The fourth-order valence-corrected chi connectivity index (χ4v) is 2.95. The molecule has 1 fully saturated rings. The average molecular weight is 293 g/mol. The first-order valence-electron chi connectivity index (χ1n) is 7.17. The minimum atomic E-state index is 0.607. The molecule has 3 rings (SSSR count). The van der Waals surface area contributed by atoms with Gasteiger partial charge in [-0.2, -0.15) is 0 Å². The van der Waals surface area contributed by atoms with Gasteiger partial charge in [0.25, 0.3) is 0 Å². The van der Waals surface area contributed by atoms with E-state index in [1.165, 1.54) is 11.1 Å². The lowest BCUT2D eigenvalue weighted by Crippen LogP contribution is -2.50. The largest absolute Gasteiger partial charge is 0.308 e. The van der Waals surface area contributed by atoms with Gasteiger partial charge in [0.15, 0.2) is 0 Å². The summed E-state index contributed by atoms with van der Waals surface area (Å²) >= 11 is 5.95. The molecule has 0 N–H and O–H groups in total. The Balaban J connectivity index is 2.05. The van der Waals surface area contributed by atoms with E-state index in [1.54, 1.807) is 0 Å². The number of fused-ring (bicyclic) bond motifs is 1. The zero-order valence-electron chi connectivity index (χ0n) is 12.1. The number of hydrogen-bond donors (Lipinski definition) is 0. The highest BCUT2D eigenvalue weighted by atomic mass is 35.5. The Bertz CT molecular complexity index is 599. The molecule has 0 saturated carbocycles. The second kappa shape index (κ2) is 5.62. The van der Waals surface area contributed by atoms with Crippen LogP contribution in [0, 0.1) is 6.92 Å². The van der Waals surface area contributed by atoms with Crippen molar-refractivity contribution in [2.75, 3.05) is 44.1 Å². The minimum absolute atomic E-state index is 0.607. The van der Waals surface area contributed by atoms with Crippen LogP contribution in [0.25, 0.3) is 11.0 Å². The van der Waals surface area contributed by atoms with Crippen LogP contribution in [0.1, 0.15) is 11.4 Å². The number of likely N-dealkylation sites (N-methyl/N-ethyl adjacent to an activating group) is 1. The fourth-order valence-electron chi connectivity index (χ4n) is 2.78. The van der Waals surface area contributed by atoms with Crippen LogP contribution in [0.2, 0.25) is 0 Å². The molecule has 1 aromatic carbocycles. The van der Waals surface area contributed by atoms with E-state index < -0.39 is 0 Å². The van der Waals surface area contributed by atoms with Crippen molar-refractivity contribution in [2.24, 2.45) is 0 Å². The summed E-state index contributed by atoms with van der Waals surface area (Å²) in [5, 5.41) is 2.40. The lowest BCUT2D eigenvalue weighted by atomic mass is 10.2. The maximum Gasteiger partial charge on any atom is 0.130 e. The number of piperazine rings is 1. The molecule has 0 spiro atoms. The molecule has 2 aromatic rings. The first kappa shape index (κ1) is 13.7. The molecule has 0 amide bonds. The molecule has 4 nitrogen and oxygen atoms in total. The number of aromatic nitrogens is 2. The van der Waals surface area contributed by atoms with Crippen LogP contribution in [0.15, 0.2) is 18.2 Å². The summed E-state index contributed by atoms with van der Waals surface area (Å²) in [4.78, 5) is 7.12. The van der Waals surface area contributed by atoms with Crippen molar-refractivity contribution in [3.05, 3.63) is 29.6 Å². The summed E-state index contributed by atoms with van der Waals surface area (Å²) in [5.74, 6) is 1.68. The summed E-state index contributed by atoms with van der Waals surface area (Å²) in [5.41, 5.74) is 3.54. The standard InChI is InChI=1S/C15H21ClN4/c1-12-3-4-13-14(11-12)20(15(17-13)5-6-16)19-9-7-18(2)8-10-19/h3-4,11H,5-10H2,1-2H3. The van der Waals surface area contributed by atoms with Crippen LogP contribution in [0.4, 0.5) is 0 Å². The third-order valence-corrected chi connectivity index (χ3v) is 4.12. The zero-order chi connectivity index (χ0) is 14.1. The Morgan fingerprint density at radius 3 is 2.65 bits per heavy atom. The summed E-state index contributed by atoms with van der Waals surface area (Å²) in [6.07, 6.45) is 0.807. The van der Waals surface area contributed by atoms with Crippen molar-refractivity contribution < 1.29 is 0 Å². The Morgan fingerprint density at radius 1 is 1.20 bits per heavy atom. The highest BCUT2D eigenvalue weighted by Crippen LogP contribution is 2.20. The van der Waals surface area contributed by atoms with E-state index in [9.17, 15) is 0 Å². The van der Waals surface area contributed by atoms with Gasteiger partial charge in [-0.25, -0.2) is 9.66 Å². The van der Waals surface area contributed by atoms with Gasteiger partial charge in [0.2, 0.25) is 0 Å². The van der Waals surface area contributed by atoms with Gasteiger partial charge in [-0.15, -0.1) is 11.6 Å². The lowest BCUT2D eigenvalue weighted by molar-refractivity contribution is 0.287. The predicted molar refractivity (Wildman–Crippen MR) is 84.3 cm³/mol. The molecule has 1 aliphatic heterocycles. The van der Waals surface area contributed by atoms with E-state index in [2.05, 4.69) is 46.8 Å². The number of nitrogens with zero attached hydrogens (tertiary/aromatic N) is 4. The Kier molecular flexibility index (Phi) is 3.85. The van der Waals surface area contributed by atoms with Crippen LogP contribution in [0.5, 0.6) is 0 Å². The normalized spacial score (nSPS) is 17.1. The molecule has 0 unspecified atom stereocenters. The van der Waals surface area contributed by atoms with Crippen LogP contribution in [0.3, 0.4) is 0 Å². The van der Waals surface area contributed by atoms with Crippen molar-refractivity contribution in [2.45, 2.75) is 13.3 Å². The number of aryl methyl sites for hydroxylation is 2. The average Bonchev–Trinajstić information content (AvgIpc) is 2.78. The van der Waals surface area contributed by atoms with E-state index in [1.807, 2.05) is 0 Å². The molecule has 1 saturated heterocycles. The van der Waals surface area contributed by atoms with Gasteiger partial charge in [-0.1, -0.05) is 6.07 Å². The molecule has 108 valence electrons. The van der Waals surface area contributed by atoms with E-state index >= 15 is 0 Å². The monoisotopic (exact) mass is 292 g/mol. The van der Waals surface area contributed by atoms with Crippen molar-refractivity contribution >= 4 is 22.6 Å². The molecular formula is C15H21ClN4. The van der Waals surface area contributed by atoms with Gasteiger partial charge < -0.3 is 9.91 Å². The Hall–Kier alpha value is -1.26. The summed E-state index contributed by atoms with van der Waals surface area (Å²) < 4.78 is 2.29. The third-order valence-electron chi connectivity index (χ3n) is 3.93. The Morgan fingerprint density at radius 2 is 1.95 bits per heavy atom. The van der Waals surface area contributed by atoms with E-state index in [4.69, 9.17) is 16.6 Å². The number of halogens is 1. The molecule has 1 aliphatic rings. The summed E-state index contributed by atoms with van der Waals surface area (Å²) in [6.45, 7) is 6.37. The molecule has 2 heterocycles. The molecule has 0 aliphatic carbocycles. The smallest absolute Gasteiger partial charge is 0.130 e. The highest BCUT2D eigenvalue weighted by Gasteiger charge is 2.19. The fraction of sp³-hybridized carbons (Fsp3) is 0.533. The molecule has 5 heteroatoms. The van der Waals surface area contributed by atoms with Crippen molar-refractivity contribution in [3.8, 4) is 0 Å². The molecule has 0 radical (unpaired) electrons. The number of benzene rings is 1. The second-order valence-corrected chi connectivity index (χ2v) is 5.91. The van der Waals surface area contributed by atoms with Gasteiger partial charge in [0.1, 0.15) is 5.82 Å². The summed E-state index contributed by atoms with van der Waals surface area (Å²) in [7, 11) is 2.17. The van der Waals surface area contributed by atoms with Crippen LogP contribution >= 0.6 is 11.6 Å². The van der Waals surface area contributed by atoms with Crippen LogP contribution in [-0.2, 0) is 6.42 Å². The Labute approximate surface area is 124 Å². The maximum absolute atomic E-state index is 5.95. The zero-order valence-corrected chi connectivity index (χ0v) is 12.9. The van der Waals surface area contributed by atoms with Gasteiger partial charge in [-0.05, 0) is 31.7 Å². The van der Waals surface area contributed by atoms with Crippen LogP contribution in [-0.4, -0.2) is 53.7 Å². The van der Waals surface area contributed by atoms with E-state index in [0.717, 1.165) is 43.9 Å². The number of alkyl halides is 1. The molecule has 1 aromatic heterocycles. The van der Waals surface area contributed by atoms with Gasteiger partial charge in [0.05, 0.1) is 11.0 Å². The minimum Gasteiger partial charge on any atom is -0.308 e. The quantitative estimate of drug-likeness (QED) is 0.809. The van der Waals surface area contributed by atoms with Crippen molar-refractivity contribution in [1.82, 2.24) is 14.6 Å². The third kappa shape index (κ3) is 2.50. The highest BCUT2D eigenvalue weighted by molar-refractivity contribution is 6.17. The molecule has 0 bridgehead atoms. The van der Waals surface area contributed by atoms with Crippen molar-refractivity contribution in [1.29, 1.82) is 0 Å². The van der Waals surface area contributed by atoms with Gasteiger partial charge in [0, 0.05) is 38.5 Å². The van der Waals surface area contributed by atoms with Gasteiger partial charge in [-0.3, -0.25) is 0 Å². The number of hydrogen-bond acceptors (Lipinski definition) is 3. The van der Waals surface area contributed by atoms with E-state index in [0.29, 0.717) is 5.88 Å². The first-order valence-corrected chi connectivity index (χ1v) is 7.70. The lowest BCUT2D eigenvalue weighted by Gasteiger charge is -2.35.